The third kappa shape index (κ3) is 3.77. The van der Waals surface area contributed by atoms with Crippen molar-refractivity contribution in [3.63, 3.8) is 0 Å². The van der Waals surface area contributed by atoms with E-state index in [-0.39, 0.29) is 23.6 Å². The van der Waals surface area contributed by atoms with Crippen molar-refractivity contribution in [3.05, 3.63) is 71.9 Å². The minimum Gasteiger partial charge on any atom is -0.322 e. The Hall–Kier alpha value is -2.64. The average Bonchev–Trinajstić information content (AvgIpc) is 3.38. The van der Waals surface area contributed by atoms with E-state index in [1.54, 1.807) is 18.6 Å². The van der Waals surface area contributed by atoms with Gasteiger partial charge in [0.05, 0.1) is 24.3 Å². The summed E-state index contributed by atoms with van der Waals surface area (Å²) in [5.74, 6) is 0.523. The molecule has 1 aromatic heterocycles. The molecule has 31 heavy (non-hydrogen) atoms. The van der Waals surface area contributed by atoms with Crippen LogP contribution in [0.15, 0.2) is 55.0 Å². The monoisotopic (exact) mass is 436 g/mol. The molecule has 7 heteroatoms. The van der Waals surface area contributed by atoms with E-state index in [1.165, 1.54) is 11.6 Å². The molecule has 1 unspecified atom stereocenters. The first-order valence-corrected chi connectivity index (χ1v) is 11.6. The fourth-order valence-corrected chi connectivity index (χ4v) is 5.47. The molecule has 1 aliphatic heterocycles. The summed E-state index contributed by atoms with van der Waals surface area (Å²) < 4.78 is 19.6. The lowest BCUT2D eigenvalue weighted by molar-refractivity contribution is -0.124. The number of hydrogen-bond donors (Lipinski definition) is 2. The first-order valence-electron chi connectivity index (χ1n) is 10.7. The van der Waals surface area contributed by atoms with Gasteiger partial charge in [-0.15, -0.1) is 0 Å². The number of halogens is 1. The number of benzene rings is 2. The van der Waals surface area contributed by atoms with Crippen molar-refractivity contribution in [1.29, 1.82) is 0 Å². The van der Waals surface area contributed by atoms with Gasteiger partial charge in [-0.25, -0.2) is 9.37 Å². The van der Waals surface area contributed by atoms with Gasteiger partial charge in [0.15, 0.2) is 0 Å². The average molecular weight is 437 g/mol. The van der Waals surface area contributed by atoms with Gasteiger partial charge in [0.1, 0.15) is 11.6 Å². The van der Waals surface area contributed by atoms with Crippen molar-refractivity contribution in [1.82, 2.24) is 9.55 Å². The summed E-state index contributed by atoms with van der Waals surface area (Å²) in [6, 6.07) is 13.2. The molecule has 1 fully saturated rings. The van der Waals surface area contributed by atoms with Gasteiger partial charge in [0.2, 0.25) is 0 Å². The van der Waals surface area contributed by atoms with Crippen LogP contribution in [0.25, 0.3) is 11.3 Å². The fraction of sp³-hybridized carbons (Fsp3) is 0.333. The molecule has 1 atom stereocenters. The molecular formula is C24H25FN4OS. The van der Waals surface area contributed by atoms with Crippen molar-refractivity contribution < 1.29 is 9.18 Å². The van der Waals surface area contributed by atoms with Crippen LogP contribution in [0.4, 0.5) is 10.1 Å². The zero-order valence-corrected chi connectivity index (χ0v) is 17.9. The van der Waals surface area contributed by atoms with Gasteiger partial charge in [-0.05, 0) is 55.4 Å². The number of fused-ring (bicyclic) bond motifs is 3. The summed E-state index contributed by atoms with van der Waals surface area (Å²) in [5.41, 5.74) is 4.68. The van der Waals surface area contributed by atoms with Crippen LogP contribution in [0.2, 0.25) is 0 Å². The second kappa shape index (κ2) is 8.48. The first kappa shape index (κ1) is 20.3. The molecule has 0 bridgehead atoms. The fourth-order valence-electron chi connectivity index (χ4n) is 5.20. The lowest BCUT2D eigenvalue weighted by atomic mass is 9.76. The molecule has 1 aliphatic carbocycles. The van der Waals surface area contributed by atoms with E-state index in [0.29, 0.717) is 17.9 Å². The summed E-state index contributed by atoms with van der Waals surface area (Å²) in [6.07, 6.45) is 7.56. The molecular weight excluding hydrogens is 411 g/mol. The maximum Gasteiger partial charge on any atom is 0.138 e. The molecule has 5 nitrogen and oxygen atoms in total. The van der Waals surface area contributed by atoms with E-state index in [1.807, 2.05) is 22.8 Å². The molecule has 0 saturated heterocycles. The lowest BCUT2D eigenvalue weighted by Crippen LogP contribution is -2.24. The van der Waals surface area contributed by atoms with Crippen molar-refractivity contribution in [2.24, 2.45) is 11.1 Å². The van der Waals surface area contributed by atoms with Crippen LogP contribution in [0, 0.1) is 11.7 Å². The molecule has 0 spiro atoms. The van der Waals surface area contributed by atoms with E-state index in [2.05, 4.69) is 21.8 Å². The first-order chi connectivity index (χ1) is 15.2. The van der Waals surface area contributed by atoms with Crippen LogP contribution in [0.1, 0.15) is 55.2 Å². The third-order valence-electron chi connectivity index (χ3n) is 6.80. The third-order valence-corrected chi connectivity index (χ3v) is 7.15. The van der Waals surface area contributed by atoms with Crippen LogP contribution in [0.3, 0.4) is 0 Å². The Morgan fingerprint density at radius 2 is 1.94 bits per heavy atom. The highest BCUT2D eigenvalue weighted by molar-refractivity contribution is 7.98. The maximum atomic E-state index is 14.6. The topological polar surface area (TPSA) is 72.9 Å². The minimum atomic E-state index is -0.292. The number of rotatable bonds is 6. The van der Waals surface area contributed by atoms with Gasteiger partial charge in [-0.2, -0.15) is 0 Å². The number of anilines is 1. The molecule has 2 aliphatic rings. The molecule has 0 amide bonds. The Morgan fingerprint density at radius 1 is 1.16 bits per heavy atom. The van der Waals surface area contributed by atoms with Gasteiger partial charge in [0.25, 0.3) is 0 Å². The second-order valence-corrected chi connectivity index (χ2v) is 8.90. The quantitative estimate of drug-likeness (QED) is 0.502. The Kier molecular flexibility index (Phi) is 5.54. The standard InChI is InChI=1S/C24H25FN4OS/c25-20-3-1-2-19-22-13-27-14-29(22)21(24(19)20)12-23(30)17-6-4-15(5-7-17)16-8-10-18(11-9-16)28-31-26/h1-3,8-11,13-15,17,21,28H,4-7,12,26H2. The summed E-state index contributed by atoms with van der Waals surface area (Å²) in [4.78, 5) is 17.4. The van der Waals surface area contributed by atoms with Crippen LogP contribution < -0.4 is 9.86 Å². The summed E-state index contributed by atoms with van der Waals surface area (Å²) in [5, 5.41) is 5.45. The van der Waals surface area contributed by atoms with Crippen LogP contribution >= 0.6 is 12.1 Å². The molecule has 2 heterocycles. The highest BCUT2D eigenvalue weighted by Crippen LogP contribution is 2.44. The lowest BCUT2D eigenvalue weighted by Gasteiger charge is -2.29. The van der Waals surface area contributed by atoms with Crippen LogP contribution in [-0.4, -0.2) is 15.3 Å². The number of ketones is 1. The number of Topliss-reactive ketones (excluding diaryl/α,β-unsaturated/α-hetero) is 1. The molecule has 0 radical (unpaired) electrons. The number of hydrogen-bond acceptors (Lipinski definition) is 5. The summed E-state index contributed by atoms with van der Waals surface area (Å²) in [6.45, 7) is 0. The number of carbonyl (C=O) groups excluding carboxylic acids is 1. The normalized spacial score (nSPS) is 22.1. The largest absolute Gasteiger partial charge is 0.322 e. The highest BCUT2D eigenvalue weighted by atomic mass is 32.2. The van der Waals surface area contributed by atoms with Crippen molar-refractivity contribution in [2.75, 3.05) is 4.72 Å². The van der Waals surface area contributed by atoms with Gasteiger partial charge in [-0.3, -0.25) is 9.93 Å². The smallest absolute Gasteiger partial charge is 0.138 e. The SMILES string of the molecule is NSNc1ccc(C2CCC(C(=O)CC3c4c(F)cccc4-c4cncn43)CC2)cc1. The van der Waals surface area contributed by atoms with E-state index < -0.39 is 0 Å². The van der Waals surface area contributed by atoms with Gasteiger partial charge in [-0.1, -0.05) is 24.3 Å². The molecule has 3 N–H and O–H groups in total. The Balaban J connectivity index is 1.25. The van der Waals surface area contributed by atoms with E-state index in [9.17, 15) is 9.18 Å². The van der Waals surface area contributed by atoms with Crippen LogP contribution in [0.5, 0.6) is 0 Å². The highest BCUT2D eigenvalue weighted by Gasteiger charge is 2.35. The van der Waals surface area contributed by atoms with E-state index in [4.69, 9.17) is 5.14 Å². The van der Waals surface area contributed by atoms with Gasteiger partial charge < -0.3 is 9.29 Å². The Bertz CT molecular complexity index is 1090. The maximum absolute atomic E-state index is 14.6. The van der Waals surface area contributed by atoms with Crippen molar-refractivity contribution in [2.45, 2.75) is 44.1 Å². The number of nitrogens with zero attached hydrogens (tertiary/aromatic N) is 2. The Morgan fingerprint density at radius 3 is 2.68 bits per heavy atom. The molecule has 3 aromatic rings. The van der Waals surface area contributed by atoms with Crippen LogP contribution in [-0.2, 0) is 4.79 Å². The number of nitrogens with two attached hydrogens (primary N) is 1. The number of nitrogens with one attached hydrogen (secondary N) is 1. The number of carbonyl (C=O) groups is 1. The van der Waals surface area contributed by atoms with E-state index >= 15 is 0 Å². The van der Waals surface area contributed by atoms with Crippen molar-refractivity contribution >= 4 is 23.6 Å². The molecule has 5 rings (SSSR count). The second-order valence-electron chi connectivity index (χ2n) is 8.46. The molecule has 2 aromatic carbocycles. The number of aromatic nitrogens is 2. The number of imidazole rings is 1. The summed E-state index contributed by atoms with van der Waals surface area (Å²) in [7, 11) is 0. The van der Waals surface area contributed by atoms with Gasteiger partial charge >= 0.3 is 0 Å². The van der Waals surface area contributed by atoms with Gasteiger partial charge in [0, 0.05) is 41.3 Å². The zero-order chi connectivity index (χ0) is 21.4. The zero-order valence-electron chi connectivity index (χ0n) is 17.1. The molecule has 1 saturated carbocycles. The predicted molar refractivity (Wildman–Crippen MR) is 122 cm³/mol. The summed E-state index contributed by atoms with van der Waals surface area (Å²) >= 11 is 1.09. The van der Waals surface area contributed by atoms with Crippen molar-refractivity contribution in [3.8, 4) is 11.3 Å². The van der Waals surface area contributed by atoms with E-state index in [0.717, 1.165) is 54.8 Å². The minimum absolute atomic E-state index is 0.0497. The Labute approximate surface area is 185 Å². The predicted octanol–water partition coefficient (Wildman–Crippen LogP) is 5.46. The molecule has 160 valence electrons.